The zero-order valence-electron chi connectivity index (χ0n) is 22.1. The van der Waals surface area contributed by atoms with Crippen molar-refractivity contribution < 1.29 is 22.7 Å². The van der Waals surface area contributed by atoms with Crippen molar-refractivity contribution in [2.24, 2.45) is 5.10 Å². The normalized spacial score (nSPS) is 12.3. The highest BCUT2D eigenvalue weighted by Crippen LogP contribution is 2.24. The number of ether oxygens (including phenoxy) is 2. The van der Waals surface area contributed by atoms with E-state index in [9.17, 15) is 13.2 Å². The molecule has 1 N–H and O–H groups in total. The van der Waals surface area contributed by atoms with E-state index in [0.29, 0.717) is 30.4 Å². The van der Waals surface area contributed by atoms with Gasteiger partial charge in [-0.15, -0.1) is 0 Å². The molecule has 0 spiro atoms. The van der Waals surface area contributed by atoms with Gasteiger partial charge in [-0.1, -0.05) is 42.5 Å². The average molecular weight is 546 g/mol. The van der Waals surface area contributed by atoms with Crippen LogP contribution in [0.3, 0.4) is 0 Å². The maximum absolute atomic E-state index is 12.8. The first-order chi connectivity index (χ1) is 18.8. The number of carbonyl (C=O) groups excluding carboxylic acids is 1. The number of carbonyl (C=O) groups is 1. The number of hydrazone groups is 1. The van der Waals surface area contributed by atoms with E-state index in [4.69, 9.17) is 9.47 Å². The summed E-state index contributed by atoms with van der Waals surface area (Å²) in [6, 6.07) is 27.1. The first kappa shape index (κ1) is 27.7. The summed E-state index contributed by atoms with van der Waals surface area (Å²) >= 11 is 0. The number of hydrogen-bond donors (Lipinski definition) is 1. The van der Waals surface area contributed by atoms with E-state index in [-0.39, 0.29) is 0 Å². The summed E-state index contributed by atoms with van der Waals surface area (Å²) in [6.45, 7) is 4.30. The molecule has 0 bridgehead atoms. The molecular formula is C30H31N3O5S. The number of anilines is 1. The quantitative estimate of drug-likeness (QED) is 0.208. The van der Waals surface area contributed by atoms with E-state index in [0.717, 1.165) is 27.1 Å². The molecule has 0 aliphatic carbocycles. The van der Waals surface area contributed by atoms with E-state index in [1.165, 1.54) is 18.5 Å². The molecule has 0 fully saturated rings. The summed E-state index contributed by atoms with van der Waals surface area (Å²) < 4.78 is 37.4. The van der Waals surface area contributed by atoms with Gasteiger partial charge in [-0.2, -0.15) is 5.10 Å². The summed E-state index contributed by atoms with van der Waals surface area (Å²) in [5.41, 5.74) is 4.63. The lowest BCUT2D eigenvalue weighted by Gasteiger charge is -2.27. The second kappa shape index (κ2) is 12.4. The van der Waals surface area contributed by atoms with Crippen LogP contribution in [-0.4, -0.2) is 39.4 Å². The van der Waals surface area contributed by atoms with Gasteiger partial charge in [0, 0.05) is 0 Å². The van der Waals surface area contributed by atoms with Crippen molar-refractivity contribution in [3.63, 3.8) is 0 Å². The van der Waals surface area contributed by atoms with Crippen LogP contribution in [0.4, 0.5) is 5.69 Å². The molecular weight excluding hydrogens is 514 g/mol. The zero-order chi connectivity index (χ0) is 27.8. The van der Waals surface area contributed by atoms with Gasteiger partial charge in [0.25, 0.3) is 5.91 Å². The fourth-order valence-electron chi connectivity index (χ4n) is 4.16. The van der Waals surface area contributed by atoms with Crippen molar-refractivity contribution in [3.05, 3.63) is 102 Å². The van der Waals surface area contributed by atoms with Crippen LogP contribution in [0.5, 0.6) is 11.5 Å². The standard InChI is InChI=1S/C30H31N3O5S/c1-4-37-27-18-14-26(15-19-27)33(39(3,35)36)22(2)30(34)32-31-20-23-12-16-28(17-13-23)38-21-25-10-7-9-24-8-5-6-11-29(24)25/h5-20,22H,4,21H2,1-3H3,(H,32,34)/b31-20+. The first-order valence-electron chi connectivity index (χ1n) is 12.5. The van der Waals surface area contributed by atoms with E-state index in [1.807, 2.05) is 55.5 Å². The molecule has 0 saturated heterocycles. The zero-order valence-corrected chi connectivity index (χ0v) is 22.9. The van der Waals surface area contributed by atoms with Crippen molar-refractivity contribution in [1.82, 2.24) is 5.43 Å². The van der Waals surface area contributed by atoms with Crippen molar-refractivity contribution >= 4 is 38.6 Å². The van der Waals surface area contributed by atoms with Gasteiger partial charge in [0.15, 0.2) is 0 Å². The van der Waals surface area contributed by atoms with E-state index in [1.54, 1.807) is 24.3 Å². The number of hydrogen-bond acceptors (Lipinski definition) is 6. The van der Waals surface area contributed by atoms with Crippen LogP contribution in [0, 0.1) is 0 Å². The molecule has 0 saturated carbocycles. The summed E-state index contributed by atoms with van der Waals surface area (Å²) in [4.78, 5) is 12.8. The molecule has 202 valence electrons. The SMILES string of the molecule is CCOc1ccc(N(C(C)C(=O)N/N=C/c2ccc(OCc3cccc4ccccc34)cc2)S(C)(=O)=O)cc1. The number of amides is 1. The van der Waals surface area contributed by atoms with Crippen molar-refractivity contribution in [2.45, 2.75) is 26.5 Å². The van der Waals surface area contributed by atoms with E-state index < -0.39 is 22.0 Å². The molecule has 8 nitrogen and oxygen atoms in total. The minimum absolute atomic E-state index is 0.353. The highest BCUT2D eigenvalue weighted by Gasteiger charge is 2.29. The van der Waals surface area contributed by atoms with E-state index in [2.05, 4.69) is 28.7 Å². The fraction of sp³-hybridized carbons (Fsp3) is 0.200. The Morgan fingerprint density at radius 1 is 0.923 bits per heavy atom. The minimum atomic E-state index is -3.74. The molecule has 4 aromatic carbocycles. The van der Waals surface area contributed by atoms with Gasteiger partial charge in [0.1, 0.15) is 24.1 Å². The molecule has 1 amide bonds. The lowest BCUT2D eigenvalue weighted by atomic mass is 10.1. The predicted octanol–water partition coefficient (Wildman–Crippen LogP) is 5.12. The Balaban J connectivity index is 1.35. The van der Waals surface area contributed by atoms with Gasteiger partial charge in [-0.3, -0.25) is 9.10 Å². The second-order valence-corrected chi connectivity index (χ2v) is 10.8. The third kappa shape index (κ3) is 7.14. The Kier molecular flexibility index (Phi) is 8.83. The van der Waals surface area contributed by atoms with Gasteiger partial charge in [-0.05, 0) is 84.3 Å². The Morgan fingerprint density at radius 3 is 2.26 bits per heavy atom. The van der Waals surface area contributed by atoms with E-state index >= 15 is 0 Å². The highest BCUT2D eigenvalue weighted by molar-refractivity contribution is 7.92. The molecule has 4 aromatic rings. The van der Waals surface area contributed by atoms with Crippen LogP contribution < -0.4 is 19.2 Å². The molecule has 0 aromatic heterocycles. The van der Waals surface area contributed by atoms with Crippen LogP contribution in [0.15, 0.2) is 96.1 Å². The molecule has 0 radical (unpaired) electrons. The smallest absolute Gasteiger partial charge is 0.263 e. The number of nitrogens with one attached hydrogen (secondary N) is 1. The van der Waals surface area contributed by atoms with Crippen LogP contribution in [0.25, 0.3) is 10.8 Å². The molecule has 0 aliphatic rings. The lowest BCUT2D eigenvalue weighted by molar-refractivity contribution is -0.121. The minimum Gasteiger partial charge on any atom is -0.494 e. The molecule has 4 rings (SSSR count). The number of benzene rings is 4. The number of rotatable bonds is 11. The summed E-state index contributed by atoms with van der Waals surface area (Å²) in [6.07, 6.45) is 2.54. The van der Waals surface area contributed by atoms with Gasteiger partial charge in [-0.25, -0.2) is 13.8 Å². The lowest BCUT2D eigenvalue weighted by Crippen LogP contribution is -2.46. The summed E-state index contributed by atoms with van der Waals surface area (Å²) in [7, 11) is -3.74. The molecule has 9 heteroatoms. The summed E-state index contributed by atoms with van der Waals surface area (Å²) in [5, 5.41) is 6.34. The third-order valence-corrected chi connectivity index (χ3v) is 7.28. The maximum Gasteiger partial charge on any atom is 0.263 e. The average Bonchev–Trinajstić information content (AvgIpc) is 2.93. The fourth-order valence-corrected chi connectivity index (χ4v) is 5.33. The topological polar surface area (TPSA) is 97.3 Å². The Labute approximate surface area is 228 Å². The second-order valence-electron chi connectivity index (χ2n) is 8.89. The Hall–Kier alpha value is -4.37. The monoisotopic (exact) mass is 545 g/mol. The van der Waals surface area contributed by atoms with Crippen molar-refractivity contribution in [3.8, 4) is 11.5 Å². The molecule has 1 unspecified atom stereocenters. The maximum atomic E-state index is 12.8. The Bertz CT molecular complexity index is 1550. The summed E-state index contributed by atoms with van der Waals surface area (Å²) in [5.74, 6) is 0.749. The third-order valence-electron chi connectivity index (χ3n) is 6.03. The predicted molar refractivity (Wildman–Crippen MR) is 155 cm³/mol. The van der Waals surface area contributed by atoms with Crippen molar-refractivity contribution in [1.29, 1.82) is 0 Å². The van der Waals surface area contributed by atoms with Crippen molar-refractivity contribution in [2.75, 3.05) is 17.2 Å². The van der Waals surface area contributed by atoms with Gasteiger partial charge in [0.2, 0.25) is 10.0 Å². The van der Waals surface area contributed by atoms with Crippen LogP contribution in [0.1, 0.15) is 25.0 Å². The first-order valence-corrected chi connectivity index (χ1v) is 14.4. The number of fused-ring (bicyclic) bond motifs is 1. The number of sulfonamides is 1. The number of nitrogens with zero attached hydrogens (tertiary/aromatic N) is 2. The Morgan fingerprint density at radius 2 is 1.56 bits per heavy atom. The largest absolute Gasteiger partial charge is 0.494 e. The van der Waals surface area contributed by atoms with Crippen LogP contribution >= 0.6 is 0 Å². The van der Waals surface area contributed by atoms with Crippen LogP contribution in [-0.2, 0) is 21.4 Å². The van der Waals surface area contributed by atoms with Crippen LogP contribution in [0.2, 0.25) is 0 Å². The van der Waals surface area contributed by atoms with Gasteiger partial charge >= 0.3 is 0 Å². The molecule has 39 heavy (non-hydrogen) atoms. The molecule has 0 heterocycles. The molecule has 0 aliphatic heterocycles. The highest BCUT2D eigenvalue weighted by atomic mass is 32.2. The van der Waals surface area contributed by atoms with Gasteiger partial charge < -0.3 is 9.47 Å². The van der Waals surface area contributed by atoms with Gasteiger partial charge in [0.05, 0.1) is 24.8 Å². The molecule has 1 atom stereocenters.